The molecule has 16 heavy (non-hydrogen) atoms. The van der Waals surface area contributed by atoms with Crippen LogP contribution in [-0.4, -0.2) is 5.11 Å². The number of rotatable bonds is 3. The van der Waals surface area contributed by atoms with Crippen LogP contribution in [0, 0.1) is 0 Å². The maximum atomic E-state index is 9.25. The minimum absolute atomic E-state index is 0.0487. The van der Waals surface area contributed by atoms with Gasteiger partial charge in [-0.05, 0) is 28.8 Å². The van der Waals surface area contributed by atoms with Crippen LogP contribution in [-0.2, 0) is 6.61 Å². The maximum absolute atomic E-state index is 9.25. The molecule has 0 aromatic heterocycles. The van der Waals surface area contributed by atoms with E-state index in [9.17, 15) is 5.11 Å². The topological polar surface area (TPSA) is 58.3 Å². The Morgan fingerprint density at radius 2 is 1.69 bits per heavy atom. The second-order valence-electron chi connectivity index (χ2n) is 3.54. The van der Waals surface area contributed by atoms with Crippen molar-refractivity contribution in [3.05, 3.63) is 54.1 Å². The molecule has 0 bridgehead atoms. The molecule has 3 nitrogen and oxygen atoms in total. The highest BCUT2D eigenvalue weighted by Gasteiger charge is 2.02. The standard InChI is InChI=1S/C13H14N2O/c14-15-12-7-5-10(6-8-12)13-4-2-1-3-11(13)9-16/h1-8,15-16H,9,14H2. The molecule has 0 heterocycles. The Hall–Kier alpha value is -1.84. The number of aliphatic hydroxyl groups excluding tert-OH is 1. The van der Waals surface area contributed by atoms with Crippen molar-refractivity contribution in [3.8, 4) is 11.1 Å². The summed E-state index contributed by atoms with van der Waals surface area (Å²) in [6.45, 7) is 0.0487. The summed E-state index contributed by atoms with van der Waals surface area (Å²) in [5, 5.41) is 9.25. The van der Waals surface area contributed by atoms with Gasteiger partial charge in [-0.15, -0.1) is 0 Å². The fraction of sp³-hybridized carbons (Fsp3) is 0.0769. The van der Waals surface area contributed by atoms with Gasteiger partial charge in [-0.3, -0.25) is 5.84 Å². The van der Waals surface area contributed by atoms with Crippen LogP contribution in [0.25, 0.3) is 11.1 Å². The lowest BCUT2D eigenvalue weighted by Crippen LogP contribution is -2.06. The van der Waals surface area contributed by atoms with Crippen molar-refractivity contribution in [1.29, 1.82) is 0 Å². The van der Waals surface area contributed by atoms with Crippen LogP contribution >= 0.6 is 0 Å². The van der Waals surface area contributed by atoms with E-state index in [2.05, 4.69) is 5.43 Å². The molecule has 0 saturated carbocycles. The van der Waals surface area contributed by atoms with Gasteiger partial charge in [-0.2, -0.15) is 0 Å². The molecule has 2 rings (SSSR count). The highest BCUT2D eigenvalue weighted by molar-refractivity contribution is 5.69. The van der Waals surface area contributed by atoms with E-state index in [1.54, 1.807) is 0 Å². The summed E-state index contributed by atoms with van der Waals surface area (Å²) >= 11 is 0. The van der Waals surface area contributed by atoms with Crippen molar-refractivity contribution in [2.75, 3.05) is 5.43 Å². The number of hydrazine groups is 1. The molecule has 0 amide bonds. The monoisotopic (exact) mass is 214 g/mol. The number of benzene rings is 2. The van der Waals surface area contributed by atoms with Crippen LogP contribution in [0.5, 0.6) is 0 Å². The first kappa shape index (κ1) is 10.7. The predicted molar refractivity (Wildman–Crippen MR) is 65.6 cm³/mol. The van der Waals surface area contributed by atoms with Crippen molar-refractivity contribution < 1.29 is 5.11 Å². The molecular weight excluding hydrogens is 200 g/mol. The van der Waals surface area contributed by atoms with E-state index in [0.29, 0.717) is 0 Å². The number of nitrogens with one attached hydrogen (secondary N) is 1. The van der Waals surface area contributed by atoms with Crippen LogP contribution in [0.15, 0.2) is 48.5 Å². The molecule has 0 fully saturated rings. The number of aliphatic hydroxyl groups is 1. The number of anilines is 1. The molecule has 0 aliphatic rings. The van der Waals surface area contributed by atoms with Crippen molar-refractivity contribution in [2.45, 2.75) is 6.61 Å². The molecule has 4 N–H and O–H groups in total. The highest BCUT2D eigenvalue weighted by atomic mass is 16.3. The first-order valence-corrected chi connectivity index (χ1v) is 5.11. The first-order valence-electron chi connectivity index (χ1n) is 5.11. The minimum atomic E-state index is 0.0487. The molecule has 2 aromatic carbocycles. The summed E-state index contributed by atoms with van der Waals surface area (Å²) in [6, 6.07) is 15.6. The molecule has 2 aromatic rings. The van der Waals surface area contributed by atoms with E-state index in [0.717, 1.165) is 22.4 Å². The fourth-order valence-corrected chi connectivity index (χ4v) is 1.69. The molecule has 0 unspecified atom stereocenters. The Kier molecular flexibility index (Phi) is 3.19. The lowest BCUT2D eigenvalue weighted by atomic mass is 10.00. The molecular formula is C13H14N2O. The van der Waals surface area contributed by atoms with Gasteiger partial charge >= 0.3 is 0 Å². The minimum Gasteiger partial charge on any atom is -0.392 e. The molecule has 0 aliphatic carbocycles. The average molecular weight is 214 g/mol. The Balaban J connectivity index is 2.42. The molecule has 0 spiro atoms. The smallest absolute Gasteiger partial charge is 0.0687 e. The summed E-state index contributed by atoms with van der Waals surface area (Å²) < 4.78 is 0. The van der Waals surface area contributed by atoms with Crippen molar-refractivity contribution in [3.63, 3.8) is 0 Å². The fourth-order valence-electron chi connectivity index (χ4n) is 1.69. The molecule has 0 aliphatic heterocycles. The van der Waals surface area contributed by atoms with E-state index in [1.165, 1.54) is 0 Å². The van der Waals surface area contributed by atoms with Crippen LogP contribution < -0.4 is 11.3 Å². The lowest BCUT2D eigenvalue weighted by molar-refractivity contribution is 0.282. The average Bonchev–Trinajstić information content (AvgIpc) is 2.39. The van der Waals surface area contributed by atoms with Crippen LogP contribution in [0.3, 0.4) is 0 Å². The van der Waals surface area contributed by atoms with Gasteiger partial charge in [0.15, 0.2) is 0 Å². The second-order valence-corrected chi connectivity index (χ2v) is 3.54. The van der Waals surface area contributed by atoms with Gasteiger partial charge in [0.25, 0.3) is 0 Å². The zero-order valence-corrected chi connectivity index (χ0v) is 8.85. The van der Waals surface area contributed by atoms with Crippen molar-refractivity contribution in [1.82, 2.24) is 0 Å². The van der Waals surface area contributed by atoms with E-state index < -0.39 is 0 Å². The largest absolute Gasteiger partial charge is 0.392 e. The van der Waals surface area contributed by atoms with Gasteiger partial charge < -0.3 is 10.5 Å². The van der Waals surface area contributed by atoms with E-state index in [4.69, 9.17) is 5.84 Å². The van der Waals surface area contributed by atoms with Crippen LogP contribution in [0.1, 0.15) is 5.56 Å². The SMILES string of the molecule is NNc1ccc(-c2ccccc2CO)cc1. The summed E-state index contributed by atoms with van der Waals surface area (Å²) in [4.78, 5) is 0. The van der Waals surface area contributed by atoms with Crippen molar-refractivity contribution in [2.24, 2.45) is 5.84 Å². The zero-order chi connectivity index (χ0) is 11.4. The third kappa shape index (κ3) is 2.05. The van der Waals surface area contributed by atoms with Gasteiger partial charge in [0.1, 0.15) is 0 Å². The summed E-state index contributed by atoms with van der Waals surface area (Å²) in [5.74, 6) is 5.30. The van der Waals surface area contributed by atoms with Crippen LogP contribution in [0.2, 0.25) is 0 Å². The molecule has 3 heteroatoms. The number of nitrogen functional groups attached to an aromatic ring is 1. The van der Waals surface area contributed by atoms with Gasteiger partial charge in [-0.25, -0.2) is 0 Å². The number of nitrogens with two attached hydrogens (primary N) is 1. The number of hydrogen-bond acceptors (Lipinski definition) is 3. The Morgan fingerprint density at radius 3 is 2.31 bits per heavy atom. The normalized spacial score (nSPS) is 10.1. The molecule has 0 atom stereocenters. The van der Waals surface area contributed by atoms with Gasteiger partial charge in [0.2, 0.25) is 0 Å². The Bertz CT molecular complexity index is 466. The quantitative estimate of drug-likeness (QED) is 0.542. The van der Waals surface area contributed by atoms with E-state index >= 15 is 0 Å². The molecule has 0 radical (unpaired) electrons. The van der Waals surface area contributed by atoms with Gasteiger partial charge in [-0.1, -0.05) is 36.4 Å². The van der Waals surface area contributed by atoms with Gasteiger partial charge in [0.05, 0.1) is 6.61 Å². The van der Waals surface area contributed by atoms with Gasteiger partial charge in [0, 0.05) is 5.69 Å². The highest BCUT2D eigenvalue weighted by Crippen LogP contribution is 2.24. The Morgan fingerprint density at radius 1 is 1.00 bits per heavy atom. The third-order valence-corrected chi connectivity index (χ3v) is 2.55. The summed E-state index contributed by atoms with van der Waals surface area (Å²) in [6.07, 6.45) is 0. The van der Waals surface area contributed by atoms with E-state index in [-0.39, 0.29) is 6.61 Å². The lowest BCUT2D eigenvalue weighted by Gasteiger charge is -2.08. The Labute approximate surface area is 94.5 Å². The predicted octanol–water partition coefficient (Wildman–Crippen LogP) is 2.13. The summed E-state index contributed by atoms with van der Waals surface area (Å²) in [5.41, 5.74) is 6.50. The third-order valence-electron chi connectivity index (χ3n) is 2.55. The molecule has 82 valence electrons. The number of hydrogen-bond donors (Lipinski definition) is 3. The first-order chi connectivity index (χ1) is 7.85. The second kappa shape index (κ2) is 4.79. The molecule has 0 saturated heterocycles. The summed E-state index contributed by atoms with van der Waals surface area (Å²) in [7, 11) is 0. The zero-order valence-electron chi connectivity index (χ0n) is 8.85. The maximum Gasteiger partial charge on any atom is 0.0687 e. The van der Waals surface area contributed by atoms with Crippen molar-refractivity contribution >= 4 is 5.69 Å². The van der Waals surface area contributed by atoms with Crippen LogP contribution in [0.4, 0.5) is 5.69 Å². The van der Waals surface area contributed by atoms with E-state index in [1.807, 2.05) is 48.5 Å².